The van der Waals surface area contributed by atoms with Gasteiger partial charge in [0, 0.05) is 37.5 Å². The van der Waals surface area contributed by atoms with Crippen molar-refractivity contribution in [2.45, 2.75) is 44.1 Å². The number of fused-ring (bicyclic) bond motifs is 4. The topological polar surface area (TPSA) is 83.3 Å². The molecular formula is C23H24F3N5O2. The Kier molecular flexibility index (Phi) is 5.17. The zero-order valence-corrected chi connectivity index (χ0v) is 18.1. The molecule has 3 aliphatic heterocycles. The molecule has 3 fully saturated rings. The van der Waals surface area contributed by atoms with E-state index < -0.39 is 18.0 Å². The number of aryl methyl sites for hydroxylation is 1. The summed E-state index contributed by atoms with van der Waals surface area (Å²) in [5.74, 6) is 0.642. The molecule has 3 aromatic rings. The van der Waals surface area contributed by atoms with Crippen molar-refractivity contribution >= 4 is 16.7 Å². The van der Waals surface area contributed by atoms with Crippen LogP contribution in [-0.4, -0.2) is 44.2 Å². The lowest BCUT2D eigenvalue weighted by molar-refractivity contribution is -0.137. The number of aliphatic hydroxyl groups excluding tert-OH is 1. The van der Waals surface area contributed by atoms with E-state index in [1.54, 1.807) is 17.7 Å². The van der Waals surface area contributed by atoms with Crippen molar-refractivity contribution in [3.63, 3.8) is 0 Å². The van der Waals surface area contributed by atoms with Gasteiger partial charge in [0.1, 0.15) is 11.6 Å². The van der Waals surface area contributed by atoms with Crippen LogP contribution in [0.1, 0.15) is 42.4 Å². The minimum absolute atomic E-state index is 0.0563. The molecule has 1 atom stereocenters. The van der Waals surface area contributed by atoms with Gasteiger partial charge in [-0.05, 0) is 38.3 Å². The van der Waals surface area contributed by atoms with Crippen LogP contribution in [0.2, 0.25) is 0 Å². The molecule has 33 heavy (non-hydrogen) atoms. The molecule has 6 rings (SSSR count). The Bertz CT molecular complexity index is 1250. The Hall–Kier alpha value is -2.98. The number of nitrogens with one attached hydrogen (secondary N) is 1. The van der Waals surface area contributed by atoms with Crippen molar-refractivity contribution in [1.82, 2.24) is 19.4 Å². The molecule has 3 saturated heterocycles. The minimum Gasteiger partial charge on any atom is -0.369 e. The lowest BCUT2D eigenvalue weighted by atomic mass is 9.79. The van der Waals surface area contributed by atoms with Gasteiger partial charge in [-0.3, -0.25) is 4.79 Å². The van der Waals surface area contributed by atoms with Crippen molar-refractivity contribution in [1.29, 1.82) is 0 Å². The number of hydrogen-bond donors (Lipinski definition) is 2. The van der Waals surface area contributed by atoms with Gasteiger partial charge in [0.15, 0.2) is 6.23 Å². The Morgan fingerprint density at radius 3 is 2.48 bits per heavy atom. The van der Waals surface area contributed by atoms with Crippen molar-refractivity contribution in [3.05, 3.63) is 63.8 Å². The fourth-order valence-corrected chi connectivity index (χ4v) is 4.97. The number of halogens is 3. The molecule has 0 unspecified atom stereocenters. The number of piperidine rings is 3. The molecule has 10 heteroatoms. The average molecular weight is 459 g/mol. The van der Waals surface area contributed by atoms with Gasteiger partial charge in [0.2, 0.25) is 0 Å². The van der Waals surface area contributed by atoms with Gasteiger partial charge in [-0.15, -0.1) is 0 Å². The van der Waals surface area contributed by atoms with E-state index in [0.29, 0.717) is 16.7 Å². The highest BCUT2D eigenvalue weighted by Crippen LogP contribution is 2.38. The molecule has 2 aromatic heterocycles. The first kappa shape index (κ1) is 21.8. The van der Waals surface area contributed by atoms with Crippen LogP contribution < -0.4 is 10.9 Å². The summed E-state index contributed by atoms with van der Waals surface area (Å²) < 4.78 is 41.1. The molecular weight excluding hydrogens is 435 g/mol. The van der Waals surface area contributed by atoms with Gasteiger partial charge in [-0.25, -0.2) is 9.97 Å². The van der Waals surface area contributed by atoms with E-state index in [0.717, 1.165) is 51.0 Å². The maximum atomic E-state index is 13.1. The first-order chi connectivity index (χ1) is 15.6. The third kappa shape index (κ3) is 3.97. The van der Waals surface area contributed by atoms with Crippen LogP contribution in [0.5, 0.6) is 0 Å². The summed E-state index contributed by atoms with van der Waals surface area (Å²) in [7, 11) is 0. The average Bonchev–Trinajstić information content (AvgIpc) is 2.79. The maximum absolute atomic E-state index is 13.1. The molecule has 0 saturated carbocycles. The summed E-state index contributed by atoms with van der Waals surface area (Å²) >= 11 is 0. The van der Waals surface area contributed by atoms with Gasteiger partial charge in [-0.2, -0.15) is 13.2 Å². The third-order valence-corrected chi connectivity index (χ3v) is 6.84. The molecule has 3 aliphatic rings. The molecule has 0 amide bonds. The molecule has 2 N–H and O–H groups in total. The van der Waals surface area contributed by atoms with Crippen LogP contribution in [0.15, 0.2) is 41.3 Å². The Morgan fingerprint density at radius 1 is 1.12 bits per heavy atom. The Labute approximate surface area is 187 Å². The summed E-state index contributed by atoms with van der Waals surface area (Å²) in [5.41, 5.74) is -0.767. The van der Waals surface area contributed by atoms with Crippen molar-refractivity contribution in [2.75, 3.05) is 25.0 Å². The summed E-state index contributed by atoms with van der Waals surface area (Å²) in [4.78, 5) is 24.2. The number of benzene rings is 1. The molecule has 7 nitrogen and oxygen atoms in total. The standard InChI is InChI=1S/C23H24F3N5O2/c1-14-27-18-12-19(32)31(22-5-8-30(9-6-22)10-7-22)13-17(18)20(28-14)29-21(33)15-3-2-4-16(11-15)23(24,25)26/h2-4,11-13,21,33H,5-10H2,1H3,(H,27,28,29)/t21-/m1/s1. The van der Waals surface area contributed by atoms with E-state index in [1.165, 1.54) is 18.2 Å². The van der Waals surface area contributed by atoms with Crippen LogP contribution in [0, 0.1) is 6.92 Å². The molecule has 1 aromatic carbocycles. The first-order valence-electron chi connectivity index (χ1n) is 10.9. The zero-order chi connectivity index (χ0) is 23.4. The number of pyridine rings is 1. The van der Waals surface area contributed by atoms with Gasteiger partial charge in [0.05, 0.1) is 22.0 Å². The highest BCUT2D eigenvalue weighted by Gasteiger charge is 2.41. The monoisotopic (exact) mass is 459 g/mol. The lowest BCUT2D eigenvalue weighted by Crippen LogP contribution is -2.55. The summed E-state index contributed by atoms with van der Waals surface area (Å²) in [5, 5.41) is 14.0. The molecule has 2 bridgehead atoms. The quantitative estimate of drug-likeness (QED) is 0.582. The van der Waals surface area contributed by atoms with Crippen LogP contribution in [-0.2, 0) is 11.7 Å². The molecule has 0 radical (unpaired) electrons. The second kappa shape index (κ2) is 7.81. The van der Waals surface area contributed by atoms with Crippen molar-refractivity contribution in [3.8, 4) is 0 Å². The number of aliphatic hydroxyl groups is 1. The summed E-state index contributed by atoms with van der Waals surface area (Å²) in [6, 6.07) is 5.99. The van der Waals surface area contributed by atoms with E-state index in [2.05, 4.69) is 20.2 Å². The summed E-state index contributed by atoms with van der Waals surface area (Å²) in [6.45, 7) is 4.47. The molecule has 174 valence electrons. The van der Waals surface area contributed by atoms with E-state index in [1.807, 2.05) is 0 Å². The molecule has 0 spiro atoms. The molecule has 0 aliphatic carbocycles. The Balaban J connectivity index is 1.55. The predicted octanol–water partition coefficient (Wildman–Crippen LogP) is 3.42. The highest BCUT2D eigenvalue weighted by atomic mass is 19.4. The van der Waals surface area contributed by atoms with Crippen LogP contribution >= 0.6 is 0 Å². The number of aromatic nitrogens is 3. The third-order valence-electron chi connectivity index (χ3n) is 6.84. The fraction of sp³-hybridized carbons (Fsp3) is 0.435. The number of nitrogens with zero attached hydrogens (tertiary/aromatic N) is 4. The first-order valence-corrected chi connectivity index (χ1v) is 10.9. The van der Waals surface area contributed by atoms with E-state index in [9.17, 15) is 23.1 Å². The van der Waals surface area contributed by atoms with Crippen LogP contribution in [0.25, 0.3) is 10.9 Å². The van der Waals surface area contributed by atoms with Crippen LogP contribution in [0.4, 0.5) is 19.0 Å². The highest BCUT2D eigenvalue weighted by molar-refractivity contribution is 5.88. The zero-order valence-electron chi connectivity index (χ0n) is 18.1. The second-order valence-corrected chi connectivity index (χ2v) is 8.89. The largest absolute Gasteiger partial charge is 0.416 e. The number of hydrogen-bond acceptors (Lipinski definition) is 6. The maximum Gasteiger partial charge on any atom is 0.416 e. The Morgan fingerprint density at radius 2 is 1.82 bits per heavy atom. The number of rotatable bonds is 4. The molecule has 5 heterocycles. The van der Waals surface area contributed by atoms with Crippen molar-refractivity contribution in [2.24, 2.45) is 0 Å². The normalized spacial score (nSPS) is 23.6. The van der Waals surface area contributed by atoms with Gasteiger partial charge >= 0.3 is 6.18 Å². The SMILES string of the molecule is Cc1nc(N[C@H](O)c2cccc(C(F)(F)F)c2)c2cn(C34CCN(CC3)CC4)c(=O)cc2n1. The van der Waals surface area contributed by atoms with Gasteiger partial charge in [0.25, 0.3) is 5.56 Å². The number of anilines is 1. The van der Waals surface area contributed by atoms with E-state index in [-0.39, 0.29) is 22.5 Å². The fourth-order valence-electron chi connectivity index (χ4n) is 4.97. The van der Waals surface area contributed by atoms with Crippen molar-refractivity contribution < 1.29 is 18.3 Å². The minimum atomic E-state index is -4.52. The smallest absolute Gasteiger partial charge is 0.369 e. The van der Waals surface area contributed by atoms with Gasteiger partial charge < -0.3 is 19.9 Å². The van der Waals surface area contributed by atoms with Gasteiger partial charge in [-0.1, -0.05) is 12.1 Å². The van der Waals surface area contributed by atoms with Crippen LogP contribution in [0.3, 0.4) is 0 Å². The lowest BCUT2D eigenvalue weighted by Gasteiger charge is -2.49. The predicted molar refractivity (Wildman–Crippen MR) is 117 cm³/mol. The second-order valence-electron chi connectivity index (χ2n) is 8.89. The van der Waals surface area contributed by atoms with E-state index >= 15 is 0 Å². The number of alkyl halides is 3. The van der Waals surface area contributed by atoms with E-state index in [4.69, 9.17) is 0 Å². The summed E-state index contributed by atoms with van der Waals surface area (Å²) in [6.07, 6.45) is -1.58.